The average Bonchev–Trinajstić information content (AvgIpc) is 3.03. The van der Waals surface area contributed by atoms with Gasteiger partial charge in [-0.3, -0.25) is 0 Å². The summed E-state index contributed by atoms with van der Waals surface area (Å²) >= 11 is 0. The van der Waals surface area contributed by atoms with Crippen LogP contribution in [0.4, 0.5) is 0 Å². The molecular formula is C18H15Zr-. The maximum atomic E-state index is 3.49. The van der Waals surface area contributed by atoms with Gasteiger partial charge in [-0.1, -0.05) is 42.0 Å². The molecule has 2 atom stereocenters. The largest absolute Gasteiger partial charge is 0.179 e. The Hall–Kier alpha value is -0.937. The molecular weight excluding hydrogens is 307 g/mol. The Balaban J connectivity index is 0.00000110. The van der Waals surface area contributed by atoms with Crippen LogP contribution < -0.4 is 0 Å². The molecule has 0 amide bonds. The molecule has 2 aromatic carbocycles. The molecule has 0 saturated carbocycles. The quantitative estimate of drug-likeness (QED) is 0.533. The van der Waals surface area contributed by atoms with Crippen LogP contribution in [-0.2, 0) is 26.2 Å². The van der Waals surface area contributed by atoms with E-state index < -0.39 is 0 Å². The van der Waals surface area contributed by atoms with Gasteiger partial charge in [-0.25, -0.2) is 0 Å². The van der Waals surface area contributed by atoms with Crippen LogP contribution in [0.1, 0.15) is 29.9 Å². The summed E-state index contributed by atoms with van der Waals surface area (Å²) in [5, 5.41) is 0. The van der Waals surface area contributed by atoms with Crippen molar-refractivity contribution in [3.63, 3.8) is 0 Å². The molecule has 0 bridgehead atoms. The fraction of sp³-hybridized carbons (Fsp3) is 0.222. The normalized spacial score (nSPS) is 22.7. The molecule has 0 heterocycles. The van der Waals surface area contributed by atoms with Crippen molar-refractivity contribution in [2.75, 3.05) is 0 Å². The fourth-order valence-corrected chi connectivity index (χ4v) is 3.49. The van der Waals surface area contributed by atoms with E-state index in [0.29, 0.717) is 11.8 Å². The standard InChI is InChI=1S/C18H15.Zr/c1-2-8-13(7-1)18-16-11-5-3-9-14(16)15-10-4-6-12-17(15)18;/h1,3-7,9-11,13,18H,2,8H2;/q-1;. The number of allylic oxidation sites excluding steroid dienone is 2. The number of benzene rings is 2. The van der Waals surface area contributed by atoms with Gasteiger partial charge < -0.3 is 0 Å². The number of rotatable bonds is 1. The molecule has 0 aliphatic heterocycles. The van der Waals surface area contributed by atoms with Gasteiger partial charge >= 0.3 is 0 Å². The third-order valence-corrected chi connectivity index (χ3v) is 4.26. The van der Waals surface area contributed by atoms with Crippen LogP contribution in [0, 0.1) is 12.0 Å². The number of hydrogen-bond acceptors (Lipinski definition) is 0. The van der Waals surface area contributed by atoms with Gasteiger partial charge in [0, 0.05) is 26.2 Å². The minimum Gasteiger partial charge on any atom is -0.179 e. The van der Waals surface area contributed by atoms with E-state index in [-0.39, 0.29) is 26.2 Å². The van der Waals surface area contributed by atoms with Crippen molar-refractivity contribution in [2.24, 2.45) is 5.92 Å². The molecule has 0 N–H and O–H groups in total. The summed E-state index contributed by atoms with van der Waals surface area (Å²) in [5.41, 5.74) is 5.69. The first kappa shape index (κ1) is 13.1. The third kappa shape index (κ3) is 1.99. The zero-order valence-electron chi connectivity index (χ0n) is 10.8. The molecule has 1 heteroatoms. The molecule has 0 fully saturated rings. The first-order chi connectivity index (χ1) is 8.95. The smallest absolute Gasteiger partial charge is 0 e. The molecule has 0 spiro atoms. The molecule has 2 unspecified atom stereocenters. The molecule has 2 aliphatic rings. The topological polar surface area (TPSA) is 0 Å². The predicted octanol–water partition coefficient (Wildman–Crippen LogP) is 4.56. The monoisotopic (exact) mass is 321 g/mol. The SMILES string of the molecule is [Zr].[c-]1cccc2c1C(C1C=CCC1)c1ccccc1-2. The van der Waals surface area contributed by atoms with Gasteiger partial charge in [-0.2, -0.15) is 24.3 Å². The van der Waals surface area contributed by atoms with E-state index in [0.717, 1.165) is 0 Å². The zero-order chi connectivity index (χ0) is 11.9. The molecule has 0 radical (unpaired) electrons. The van der Waals surface area contributed by atoms with E-state index in [1.54, 1.807) is 0 Å². The maximum absolute atomic E-state index is 3.49. The van der Waals surface area contributed by atoms with Crippen molar-refractivity contribution in [1.29, 1.82) is 0 Å². The average molecular weight is 323 g/mol. The Labute approximate surface area is 133 Å². The summed E-state index contributed by atoms with van der Waals surface area (Å²) < 4.78 is 0. The first-order valence-electron chi connectivity index (χ1n) is 6.72. The summed E-state index contributed by atoms with van der Waals surface area (Å²) in [6, 6.07) is 18.7. The van der Waals surface area contributed by atoms with Crippen molar-refractivity contribution in [3.05, 3.63) is 71.8 Å². The predicted molar refractivity (Wildman–Crippen MR) is 74.4 cm³/mol. The molecule has 2 aliphatic carbocycles. The van der Waals surface area contributed by atoms with Crippen molar-refractivity contribution in [3.8, 4) is 11.1 Å². The molecule has 0 aromatic heterocycles. The summed E-state index contributed by atoms with van der Waals surface area (Å²) in [6.45, 7) is 0. The van der Waals surface area contributed by atoms with Gasteiger partial charge in [0.25, 0.3) is 0 Å². The van der Waals surface area contributed by atoms with Crippen LogP contribution in [0.2, 0.25) is 0 Å². The van der Waals surface area contributed by atoms with E-state index in [9.17, 15) is 0 Å². The Morgan fingerprint density at radius 3 is 2.68 bits per heavy atom. The second kappa shape index (κ2) is 5.21. The molecule has 4 rings (SSSR count). The van der Waals surface area contributed by atoms with Gasteiger partial charge in [0.1, 0.15) is 0 Å². The van der Waals surface area contributed by atoms with E-state index >= 15 is 0 Å². The van der Waals surface area contributed by atoms with Gasteiger partial charge in [0.15, 0.2) is 0 Å². The minimum absolute atomic E-state index is 0. The maximum Gasteiger partial charge on any atom is 0 e. The molecule has 0 saturated heterocycles. The Morgan fingerprint density at radius 1 is 1.00 bits per heavy atom. The molecule has 19 heavy (non-hydrogen) atoms. The summed E-state index contributed by atoms with van der Waals surface area (Å²) in [4.78, 5) is 0. The van der Waals surface area contributed by atoms with Gasteiger partial charge in [0.2, 0.25) is 0 Å². The zero-order valence-corrected chi connectivity index (χ0v) is 13.2. The van der Waals surface area contributed by atoms with E-state index in [4.69, 9.17) is 0 Å². The fourth-order valence-electron chi connectivity index (χ4n) is 3.49. The Morgan fingerprint density at radius 2 is 1.84 bits per heavy atom. The van der Waals surface area contributed by atoms with E-state index in [1.165, 1.54) is 35.1 Å². The molecule has 0 nitrogen and oxygen atoms in total. The van der Waals surface area contributed by atoms with Crippen LogP contribution in [0.25, 0.3) is 11.1 Å². The third-order valence-electron chi connectivity index (χ3n) is 4.26. The number of hydrogen-bond donors (Lipinski definition) is 0. The second-order valence-electron chi connectivity index (χ2n) is 5.23. The second-order valence-corrected chi connectivity index (χ2v) is 5.23. The summed E-state index contributed by atoms with van der Waals surface area (Å²) in [7, 11) is 0. The van der Waals surface area contributed by atoms with Crippen LogP contribution in [0.5, 0.6) is 0 Å². The van der Waals surface area contributed by atoms with Gasteiger partial charge in [0.05, 0.1) is 0 Å². The van der Waals surface area contributed by atoms with E-state index in [2.05, 4.69) is 60.7 Å². The van der Waals surface area contributed by atoms with Crippen molar-refractivity contribution < 1.29 is 26.2 Å². The molecule has 92 valence electrons. The summed E-state index contributed by atoms with van der Waals surface area (Å²) in [5.74, 6) is 1.18. The van der Waals surface area contributed by atoms with Crippen molar-refractivity contribution >= 4 is 0 Å². The van der Waals surface area contributed by atoms with Gasteiger partial charge in [-0.05, 0) is 30.2 Å². The Bertz CT molecular complexity index is 582. The Kier molecular flexibility index (Phi) is 3.58. The van der Waals surface area contributed by atoms with Crippen LogP contribution in [0.3, 0.4) is 0 Å². The van der Waals surface area contributed by atoms with Gasteiger partial charge in [-0.15, -0.1) is 11.1 Å². The van der Waals surface area contributed by atoms with Crippen molar-refractivity contribution in [1.82, 2.24) is 0 Å². The first-order valence-corrected chi connectivity index (χ1v) is 6.72. The number of fused-ring (bicyclic) bond motifs is 3. The van der Waals surface area contributed by atoms with Crippen LogP contribution in [-0.4, -0.2) is 0 Å². The van der Waals surface area contributed by atoms with Crippen molar-refractivity contribution in [2.45, 2.75) is 18.8 Å². The van der Waals surface area contributed by atoms with Crippen LogP contribution in [0.15, 0.2) is 54.6 Å². The van der Waals surface area contributed by atoms with E-state index in [1.807, 2.05) is 0 Å². The molecule has 2 aromatic rings. The minimum atomic E-state index is 0. The summed E-state index contributed by atoms with van der Waals surface area (Å²) in [6.07, 6.45) is 7.23. The van der Waals surface area contributed by atoms with Crippen LogP contribution >= 0.6 is 0 Å².